The summed E-state index contributed by atoms with van der Waals surface area (Å²) in [6.45, 7) is 1.95. The highest BCUT2D eigenvalue weighted by Crippen LogP contribution is 2.00. The maximum Gasteiger partial charge on any atom is 0.356 e. The first-order chi connectivity index (χ1) is 6.15. The summed E-state index contributed by atoms with van der Waals surface area (Å²) in [5, 5.41) is 5.86. The second kappa shape index (κ2) is 3.70. The number of nitrogens with one attached hydrogen (secondary N) is 1. The fourth-order valence-corrected chi connectivity index (χ4v) is 0.761. The minimum atomic E-state index is -0.688. The van der Waals surface area contributed by atoms with Crippen LogP contribution in [0.2, 0.25) is 0 Å². The normalized spacial score (nSPS) is 9.62. The van der Waals surface area contributed by atoms with Crippen LogP contribution in [0.4, 0.5) is 0 Å². The third-order valence-electron chi connectivity index (χ3n) is 1.33. The van der Waals surface area contributed by atoms with E-state index in [4.69, 9.17) is 5.73 Å². The second-order valence-electron chi connectivity index (χ2n) is 2.25. The highest BCUT2D eigenvalue weighted by atomic mass is 16.5. The number of ether oxygens (including phenoxy) is 1. The van der Waals surface area contributed by atoms with Gasteiger partial charge in [0.25, 0.3) is 5.91 Å². The molecule has 0 radical (unpaired) electrons. The summed E-state index contributed by atoms with van der Waals surface area (Å²) in [6, 6.07) is 1.25. The van der Waals surface area contributed by atoms with Gasteiger partial charge in [0.15, 0.2) is 5.69 Å². The van der Waals surface area contributed by atoms with Gasteiger partial charge in [-0.2, -0.15) is 5.10 Å². The Balaban J connectivity index is 2.79. The Bertz CT molecular complexity index is 331. The SMILES string of the molecule is CCOC(=O)c1cc(C(N)=O)n[nH]1. The van der Waals surface area contributed by atoms with E-state index in [0.717, 1.165) is 0 Å². The minimum absolute atomic E-state index is 0.0167. The van der Waals surface area contributed by atoms with E-state index in [2.05, 4.69) is 14.9 Å². The van der Waals surface area contributed by atoms with Gasteiger partial charge in [0.2, 0.25) is 0 Å². The number of hydrogen-bond donors (Lipinski definition) is 2. The van der Waals surface area contributed by atoms with Crippen LogP contribution in [0.1, 0.15) is 27.9 Å². The first-order valence-corrected chi connectivity index (χ1v) is 3.67. The molecule has 1 heterocycles. The monoisotopic (exact) mass is 183 g/mol. The number of carbonyl (C=O) groups excluding carboxylic acids is 2. The van der Waals surface area contributed by atoms with Crippen LogP contribution in [-0.4, -0.2) is 28.7 Å². The maximum absolute atomic E-state index is 11.0. The third kappa shape index (κ3) is 2.05. The van der Waals surface area contributed by atoms with Crippen molar-refractivity contribution in [2.75, 3.05) is 6.61 Å². The first-order valence-electron chi connectivity index (χ1n) is 3.67. The molecule has 0 atom stereocenters. The lowest BCUT2D eigenvalue weighted by atomic mass is 10.3. The topological polar surface area (TPSA) is 98.1 Å². The molecule has 13 heavy (non-hydrogen) atoms. The standard InChI is InChI=1S/C7H9N3O3/c1-2-13-7(12)5-3-4(6(8)11)9-10-5/h3H,2H2,1H3,(H2,8,11)(H,9,10). The van der Waals surface area contributed by atoms with Crippen molar-refractivity contribution in [3.05, 3.63) is 17.5 Å². The summed E-state index contributed by atoms with van der Waals surface area (Å²) in [5.74, 6) is -1.24. The molecule has 1 aromatic rings. The van der Waals surface area contributed by atoms with E-state index in [1.807, 2.05) is 0 Å². The predicted molar refractivity (Wildman–Crippen MR) is 43.1 cm³/mol. The number of hydrogen-bond acceptors (Lipinski definition) is 4. The number of carbonyl (C=O) groups is 2. The lowest BCUT2D eigenvalue weighted by Crippen LogP contribution is -2.11. The molecule has 3 N–H and O–H groups in total. The molecule has 0 saturated carbocycles. The molecule has 0 saturated heterocycles. The third-order valence-corrected chi connectivity index (χ3v) is 1.33. The summed E-state index contributed by atoms with van der Waals surface area (Å²) in [5.41, 5.74) is 5.07. The highest BCUT2D eigenvalue weighted by Gasteiger charge is 2.12. The smallest absolute Gasteiger partial charge is 0.356 e. The lowest BCUT2D eigenvalue weighted by molar-refractivity contribution is 0.0519. The number of amides is 1. The molecule has 0 fully saturated rings. The van der Waals surface area contributed by atoms with Crippen LogP contribution in [0.15, 0.2) is 6.07 Å². The molecule has 1 amide bonds. The van der Waals surface area contributed by atoms with Gasteiger partial charge in [0.1, 0.15) is 5.69 Å². The fraction of sp³-hybridized carbons (Fsp3) is 0.286. The summed E-state index contributed by atoms with van der Waals surface area (Å²) in [6.07, 6.45) is 0. The average molecular weight is 183 g/mol. The van der Waals surface area contributed by atoms with E-state index in [1.165, 1.54) is 6.07 Å². The zero-order valence-electron chi connectivity index (χ0n) is 7.03. The number of aromatic nitrogens is 2. The number of nitrogens with two attached hydrogens (primary N) is 1. The van der Waals surface area contributed by atoms with Gasteiger partial charge in [-0.1, -0.05) is 0 Å². The van der Waals surface area contributed by atoms with Crippen LogP contribution < -0.4 is 5.73 Å². The molecule has 1 aromatic heterocycles. The van der Waals surface area contributed by atoms with E-state index in [0.29, 0.717) is 0 Å². The van der Waals surface area contributed by atoms with Crippen molar-refractivity contribution in [1.29, 1.82) is 0 Å². The lowest BCUT2D eigenvalue weighted by Gasteiger charge is -1.95. The molecule has 6 nitrogen and oxygen atoms in total. The van der Waals surface area contributed by atoms with Gasteiger partial charge in [-0.15, -0.1) is 0 Å². The predicted octanol–water partition coefficient (Wildman–Crippen LogP) is -0.315. The van der Waals surface area contributed by atoms with Gasteiger partial charge in [-0.25, -0.2) is 4.79 Å². The van der Waals surface area contributed by atoms with Crippen molar-refractivity contribution in [3.63, 3.8) is 0 Å². The fourth-order valence-electron chi connectivity index (χ4n) is 0.761. The number of esters is 1. The Morgan fingerprint density at radius 3 is 2.85 bits per heavy atom. The molecule has 0 aliphatic carbocycles. The summed E-state index contributed by atoms with van der Waals surface area (Å²) >= 11 is 0. The van der Waals surface area contributed by atoms with Gasteiger partial charge in [-0.05, 0) is 6.92 Å². The van der Waals surface area contributed by atoms with E-state index in [9.17, 15) is 9.59 Å². The van der Waals surface area contributed by atoms with Crippen LogP contribution in [0.5, 0.6) is 0 Å². The molecule has 6 heteroatoms. The van der Waals surface area contributed by atoms with E-state index >= 15 is 0 Å². The van der Waals surface area contributed by atoms with Crippen LogP contribution in [0.3, 0.4) is 0 Å². The Labute approximate surface area is 74.1 Å². The molecule has 0 spiro atoms. The van der Waals surface area contributed by atoms with Gasteiger partial charge < -0.3 is 10.5 Å². The van der Waals surface area contributed by atoms with Crippen molar-refractivity contribution in [2.45, 2.75) is 6.92 Å². The highest BCUT2D eigenvalue weighted by molar-refractivity contribution is 5.94. The molecule has 0 aromatic carbocycles. The summed E-state index contributed by atoms with van der Waals surface area (Å²) < 4.78 is 4.66. The quantitative estimate of drug-likeness (QED) is 0.627. The van der Waals surface area contributed by atoms with Crippen molar-refractivity contribution in [2.24, 2.45) is 5.73 Å². The Hall–Kier alpha value is -1.85. The van der Waals surface area contributed by atoms with Gasteiger partial charge >= 0.3 is 5.97 Å². The zero-order valence-corrected chi connectivity index (χ0v) is 7.03. The van der Waals surface area contributed by atoms with Crippen molar-refractivity contribution >= 4 is 11.9 Å². The largest absolute Gasteiger partial charge is 0.461 e. The Kier molecular flexibility index (Phi) is 2.63. The molecular weight excluding hydrogens is 174 g/mol. The van der Waals surface area contributed by atoms with Gasteiger partial charge in [0, 0.05) is 6.07 Å². The first kappa shape index (κ1) is 9.24. The zero-order chi connectivity index (χ0) is 9.84. The summed E-state index contributed by atoms with van der Waals surface area (Å²) in [7, 11) is 0. The van der Waals surface area contributed by atoms with Crippen molar-refractivity contribution in [3.8, 4) is 0 Å². The second-order valence-corrected chi connectivity index (χ2v) is 2.25. The molecule has 70 valence electrons. The number of aromatic amines is 1. The average Bonchev–Trinajstić information content (AvgIpc) is 2.52. The van der Waals surface area contributed by atoms with E-state index in [1.54, 1.807) is 6.92 Å². The van der Waals surface area contributed by atoms with Gasteiger partial charge in [-0.3, -0.25) is 9.89 Å². The molecule has 1 rings (SSSR count). The minimum Gasteiger partial charge on any atom is -0.461 e. The molecule has 0 bridgehead atoms. The molecule has 0 unspecified atom stereocenters. The number of nitrogens with zero attached hydrogens (tertiary/aromatic N) is 1. The van der Waals surface area contributed by atoms with Crippen molar-refractivity contribution in [1.82, 2.24) is 10.2 Å². The van der Waals surface area contributed by atoms with E-state index < -0.39 is 11.9 Å². The summed E-state index contributed by atoms with van der Waals surface area (Å²) in [4.78, 5) is 21.6. The number of H-pyrrole nitrogens is 1. The van der Waals surface area contributed by atoms with Crippen molar-refractivity contribution < 1.29 is 14.3 Å². The van der Waals surface area contributed by atoms with E-state index in [-0.39, 0.29) is 18.0 Å². The van der Waals surface area contributed by atoms with Gasteiger partial charge in [0.05, 0.1) is 6.61 Å². The van der Waals surface area contributed by atoms with Crippen LogP contribution in [0, 0.1) is 0 Å². The molecule has 0 aliphatic heterocycles. The Morgan fingerprint density at radius 2 is 2.38 bits per heavy atom. The van der Waals surface area contributed by atoms with Crippen LogP contribution in [-0.2, 0) is 4.74 Å². The molecular formula is C7H9N3O3. The van der Waals surface area contributed by atoms with Crippen LogP contribution >= 0.6 is 0 Å². The number of primary amides is 1. The Morgan fingerprint density at radius 1 is 1.69 bits per heavy atom. The number of rotatable bonds is 3. The molecule has 0 aliphatic rings. The maximum atomic E-state index is 11.0. The van der Waals surface area contributed by atoms with Crippen LogP contribution in [0.25, 0.3) is 0 Å².